The first kappa shape index (κ1) is 13.0. The maximum Gasteiger partial charge on any atom is 0.148 e. The lowest BCUT2D eigenvalue weighted by Gasteiger charge is -2.08. The zero-order valence-electron chi connectivity index (χ0n) is 11.0. The first-order valence-corrected chi connectivity index (χ1v) is 6.08. The van der Waals surface area contributed by atoms with Gasteiger partial charge in [0.25, 0.3) is 0 Å². The molecule has 0 saturated carbocycles. The summed E-state index contributed by atoms with van der Waals surface area (Å²) in [6.45, 7) is 9.52. The van der Waals surface area contributed by atoms with Gasteiger partial charge in [-0.05, 0) is 24.3 Å². The number of aliphatic imine (C=N–C) groups is 1. The summed E-state index contributed by atoms with van der Waals surface area (Å²) in [5, 5.41) is 1.89. The van der Waals surface area contributed by atoms with Crippen molar-refractivity contribution in [1.82, 2.24) is 4.98 Å². The molecule has 0 aliphatic carbocycles. The van der Waals surface area contributed by atoms with Crippen molar-refractivity contribution in [2.45, 2.75) is 13.3 Å². The average Bonchev–Trinajstić information content (AvgIpc) is 2.48. The Hall–Kier alpha value is -2.42. The topological polar surface area (TPSA) is 34.5 Å². The minimum absolute atomic E-state index is 0.522. The van der Waals surface area contributed by atoms with Gasteiger partial charge in [0.05, 0.1) is 11.0 Å². The van der Waals surface area contributed by atoms with E-state index in [1.165, 1.54) is 0 Å². The van der Waals surface area contributed by atoms with Crippen LogP contribution in [0.15, 0.2) is 59.8 Å². The van der Waals surface area contributed by atoms with Gasteiger partial charge in [-0.1, -0.05) is 25.3 Å². The summed E-state index contributed by atoms with van der Waals surface area (Å²) in [5.41, 5.74) is 0.823. The van der Waals surface area contributed by atoms with E-state index in [0.717, 1.165) is 16.3 Å². The van der Waals surface area contributed by atoms with Crippen LogP contribution in [0.25, 0.3) is 12.2 Å². The predicted molar refractivity (Wildman–Crippen MR) is 78.6 cm³/mol. The molecular weight excluding hydrogens is 236 g/mol. The van der Waals surface area contributed by atoms with Gasteiger partial charge in [0, 0.05) is 24.9 Å². The molecule has 19 heavy (non-hydrogen) atoms. The van der Waals surface area contributed by atoms with Crippen LogP contribution in [0.1, 0.15) is 13.3 Å². The fraction of sp³-hybridized carbons (Fsp3) is 0.125. The molecule has 96 valence electrons. The third-order valence-corrected chi connectivity index (χ3v) is 2.68. The number of allylic oxidation sites excluding steroid dienone is 3. The standard InChI is InChI=1S/C16H16N2O/c1-4-16-14(17-5-2)9-8-13-7-6-10-18-15(13)11-12(3)19-16/h4-8,10-11H,1,3,9H2,2H3/b13-8-,15-11+,16-14+,17-5-. The lowest BCUT2D eigenvalue weighted by atomic mass is 10.2. The van der Waals surface area contributed by atoms with Crippen molar-refractivity contribution >= 4 is 18.4 Å². The lowest BCUT2D eigenvalue weighted by Crippen LogP contribution is -2.27. The van der Waals surface area contributed by atoms with Crippen molar-refractivity contribution in [3.05, 3.63) is 65.3 Å². The van der Waals surface area contributed by atoms with E-state index in [2.05, 4.69) is 29.2 Å². The molecule has 0 radical (unpaired) electrons. The number of hydrogen-bond donors (Lipinski definition) is 0. The summed E-state index contributed by atoms with van der Waals surface area (Å²) in [7, 11) is 0. The van der Waals surface area contributed by atoms with Gasteiger partial charge in [0.1, 0.15) is 11.5 Å². The van der Waals surface area contributed by atoms with E-state index in [-0.39, 0.29) is 0 Å². The van der Waals surface area contributed by atoms with Crippen LogP contribution >= 0.6 is 0 Å². The van der Waals surface area contributed by atoms with Gasteiger partial charge in [-0.15, -0.1) is 0 Å². The van der Waals surface area contributed by atoms with Gasteiger partial charge in [-0.2, -0.15) is 0 Å². The quantitative estimate of drug-likeness (QED) is 0.755. The molecule has 0 fully saturated rings. The Kier molecular flexibility index (Phi) is 4.08. The van der Waals surface area contributed by atoms with Gasteiger partial charge in [0.2, 0.25) is 0 Å². The molecule has 0 bridgehead atoms. The first-order valence-electron chi connectivity index (χ1n) is 6.08. The molecule has 1 aromatic rings. The van der Waals surface area contributed by atoms with Crippen LogP contribution in [-0.4, -0.2) is 11.2 Å². The molecule has 0 amide bonds. The number of rotatable bonds is 2. The van der Waals surface area contributed by atoms with E-state index >= 15 is 0 Å². The Labute approximate surface area is 112 Å². The Bertz CT molecular complexity index is 681. The first-order chi connectivity index (χ1) is 9.24. The predicted octanol–water partition coefficient (Wildman–Crippen LogP) is 2.06. The SMILES string of the molecule is C=C/C1=C(\N=C/C)C/C=c2/cccn/c2=C/C(=C)O1. The van der Waals surface area contributed by atoms with Crippen molar-refractivity contribution in [2.24, 2.45) is 4.99 Å². The third kappa shape index (κ3) is 3.07. The van der Waals surface area contributed by atoms with Gasteiger partial charge in [-0.3, -0.25) is 9.98 Å². The molecule has 1 aliphatic rings. The zero-order valence-corrected chi connectivity index (χ0v) is 11.0. The van der Waals surface area contributed by atoms with Crippen LogP contribution in [0.2, 0.25) is 0 Å². The average molecular weight is 252 g/mol. The van der Waals surface area contributed by atoms with Crippen molar-refractivity contribution in [3.63, 3.8) is 0 Å². The van der Waals surface area contributed by atoms with Gasteiger partial charge < -0.3 is 4.74 Å². The molecule has 0 spiro atoms. The molecule has 0 N–H and O–H groups in total. The van der Waals surface area contributed by atoms with E-state index < -0.39 is 0 Å². The normalized spacial score (nSPS) is 22.9. The minimum atomic E-state index is 0.522. The minimum Gasteiger partial charge on any atom is -0.456 e. The molecule has 3 heteroatoms. The zero-order chi connectivity index (χ0) is 13.7. The molecule has 2 heterocycles. The van der Waals surface area contributed by atoms with Crippen molar-refractivity contribution < 1.29 is 4.74 Å². The largest absolute Gasteiger partial charge is 0.456 e. The second-order valence-corrected chi connectivity index (χ2v) is 4.00. The lowest BCUT2D eigenvalue weighted by molar-refractivity contribution is 0.339. The highest BCUT2D eigenvalue weighted by Crippen LogP contribution is 2.17. The Balaban J connectivity index is 2.62. The fourth-order valence-electron chi connectivity index (χ4n) is 1.84. The van der Waals surface area contributed by atoms with E-state index in [1.807, 2.05) is 25.1 Å². The number of aromatic nitrogens is 1. The number of fused-ring (bicyclic) bond motifs is 1. The summed E-state index contributed by atoms with van der Waals surface area (Å²) in [4.78, 5) is 8.66. The Morgan fingerprint density at radius 2 is 2.32 bits per heavy atom. The second kappa shape index (κ2) is 5.96. The summed E-state index contributed by atoms with van der Waals surface area (Å²) < 4.78 is 5.68. The van der Waals surface area contributed by atoms with E-state index in [4.69, 9.17) is 4.74 Å². The van der Waals surface area contributed by atoms with E-state index in [9.17, 15) is 0 Å². The van der Waals surface area contributed by atoms with Gasteiger partial charge >= 0.3 is 0 Å². The highest BCUT2D eigenvalue weighted by Gasteiger charge is 2.06. The second-order valence-electron chi connectivity index (χ2n) is 4.00. The summed E-state index contributed by atoms with van der Waals surface area (Å²) in [5.74, 6) is 1.15. The Morgan fingerprint density at radius 1 is 1.47 bits per heavy atom. The molecule has 1 aromatic heterocycles. The monoisotopic (exact) mass is 252 g/mol. The van der Waals surface area contributed by atoms with Gasteiger partial charge in [0.15, 0.2) is 0 Å². The van der Waals surface area contributed by atoms with E-state index in [1.54, 1.807) is 18.5 Å². The van der Waals surface area contributed by atoms with Crippen LogP contribution in [0.3, 0.4) is 0 Å². The highest BCUT2D eigenvalue weighted by atomic mass is 16.5. The Morgan fingerprint density at radius 3 is 3.05 bits per heavy atom. The van der Waals surface area contributed by atoms with Crippen molar-refractivity contribution in [2.75, 3.05) is 0 Å². The summed E-state index contributed by atoms with van der Waals surface area (Å²) in [6, 6.07) is 3.92. The molecule has 0 atom stereocenters. The number of ether oxygens (including phenoxy) is 1. The molecule has 1 aliphatic heterocycles. The number of pyridine rings is 1. The van der Waals surface area contributed by atoms with Crippen LogP contribution < -0.4 is 10.6 Å². The number of nitrogens with zero attached hydrogens (tertiary/aromatic N) is 2. The van der Waals surface area contributed by atoms with Crippen molar-refractivity contribution in [1.29, 1.82) is 0 Å². The molecular formula is C16H16N2O. The maximum absolute atomic E-state index is 5.68. The molecule has 2 rings (SSSR count). The van der Waals surface area contributed by atoms with Crippen LogP contribution in [0.5, 0.6) is 0 Å². The fourth-order valence-corrected chi connectivity index (χ4v) is 1.84. The highest BCUT2D eigenvalue weighted by molar-refractivity contribution is 5.56. The summed E-state index contributed by atoms with van der Waals surface area (Å²) >= 11 is 0. The molecule has 0 aromatic carbocycles. The number of hydrogen-bond acceptors (Lipinski definition) is 3. The molecule has 3 nitrogen and oxygen atoms in total. The van der Waals surface area contributed by atoms with E-state index in [0.29, 0.717) is 17.9 Å². The van der Waals surface area contributed by atoms with Crippen LogP contribution in [-0.2, 0) is 4.74 Å². The molecule has 0 saturated heterocycles. The van der Waals surface area contributed by atoms with Crippen molar-refractivity contribution in [3.8, 4) is 0 Å². The third-order valence-electron chi connectivity index (χ3n) is 2.68. The molecule has 0 unspecified atom stereocenters. The summed E-state index contributed by atoms with van der Waals surface area (Å²) in [6.07, 6.45) is 9.69. The van der Waals surface area contributed by atoms with Gasteiger partial charge in [-0.25, -0.2) is 0 Å². The van der Waals surface area contributed by atoms with Crippen LogP contribution in [0, 0.1) is 0 Å². The van der Waals surface area contributed by atoms with Crippen LogP contribution in [0.4, 0.5) is 0 Å². The smallest absolute Gasteiger partial charge is 0.148 e. The maximum atomic E-state index is 5.68.